The van der Waals surface area contributed by atoms with Gasteiger partial charge in [-0.1, -0.05) is 34.1 Å². The molecular formula is C20H22BrN3. The Morgan fingerprint density at radius 1 is 1.17 bits per heavy atom. The number of piperidine rings is 1. The molecule has 1 fully saturated rings. The lowest BCUT2D eigenvalue weighted by molar-refractivity contribution is 0.167. The van der Waals surface area contributed by atoms with Crippen molar-refractivity contribution in [3.05, 3.63) is 64.3 Å². The maximum atomic E-state index is 4.12. The summed E-state index contributed by atoms with van der Waals surface area (Å²) in [5, 5.41) is 8.36. The minimum atomic E-state index is 0.746. The van der Waals surface area contributed by atoms with E-state index in [9.17, 15) is 0 Å². The minimum absolute atomic E-state index is 0.746. The number of likely N-dealkylation sites (tertiary alicyclic amines) is 1. The molecular weight excluding hydrogens is 362 g/mol. The first kappa shape index (κ1) is 15.9. The van der Waals surface area contributed by atoms with E-state index in [0.29, 0.717) is 0 Å². The number of nitrogens with zero attached hydrogens (tertiary/aromatic N) is 2. The number of aromatic amines is 1. The summed E-state index contributed by atoms with van der Waals surface area (Å²) in [7, 11) is 0. The van der Waals surface area contributed by atoms with Crippen LogP contribution >= 0.6 is 15.9 Å². The molecule has 0 saturated carbocycles. The van der Waals surface area contributed by atoms with Crippen LogP contribution in [0, 0.1) is 5.92 Å². The van der Waals surface area contributed by atoms with Gasteiger partial charge in [-0.05, 0) is 67.1 Å². The molecule has 24 heavy (non-hydrogen) atoms. The highest BCUT2D eigenvalue weighted by Gasteiger charge is 2.20. The Bertz CT molecular complexity index is 826. The van der Waals surface area contributed by atoms with Crippen LogP contribution in [-0.4, -0.2) is 28.2 Å². The van der Waals surface area contributed by atoms with Crippen LogP contribution < -0.4 is 0 Å². The molecule has 124 valence electrons. The van der Waals surface area contributed by atoms with Crippen LogP contribution in [0.4, 0.5) is 0 Å². The van der Waals surface area contributed by atoms with Crippen LogP contribution in [0.25, 0.3) is 10.9 Å². The van der Waals surface area contributed by atoms with Gasteiger partial charge in [0.25, 0.3) is 0 Å². The number of hydrogen-bond acceptors (Lipinski definition) is 2. The maximum Gasteiger partial charge on any atom is 0.0650 e. The van der Waals surface area contributed by atoms with Crippen LogP contribution in [0.1, 0.15) is 24.0 Å². The maximum absolute atomic E-state index is 4.12. The highest BCUT2D eigenvalue weighted by molar-refractivity contribution is 9.10. The molecule has 1 aliphatic heterocycles. The highest BCUT2D eigenvalue weighted by atomic mass is 79.9. The topological polar surface area (TPSA) is 31.9 Å². The third-order valence-corrected chi connectivity index (χ3v) is 5.42. The van der Waals surface area contributed by atoms with Crippen molar-refractivity contribution in [2.24, 2.45) is 5.92 Å². The van der Waals surface area contributed by atoms with E-state index >= 15 is 0 Å². The summed E-state index contributed by atoms with van der Waals surface area (Å²) < 4.78 is 1.17. The van der Waals surface area contributed by atoms with E-state index < -0.39 is 0 Å². The van der Waals surface area contributed by atoms with Crippen LogP contribution in [0.5, 0.6) is 0 Å². The molecule has 1 aromatic heterocycles. The summed E-state index contributed by atoms with van der Waals surface area (Å²) >= 11 is 3.57. The van der Waals surface area contributed by atoms with Crippen LogP contribution in [0.15, 0.2) is 53.1 Å². The molecule has 0 aliphatic carbocycles. The quantitative estimate of drug-likeness (QED) is 0.702. The lowest BCUT2D eigenvalue weighted by atomic mass is 9.90. The molecule has 1 saturated heterocycles. The van der Waals surface area contributed by atoms with E-state index in [4.69, 9.17) is 0 Å². The zero-order valence-electron chi connectivity index (χ0n) is 13.7. The molecule has 3 nitrogen and oxygen atoms in total. The molecule has 4 rings (SSSR count). The predicted octanol–water partition coefficient (Wildman–Crippen LogP) is 4.78. The summed E-state index contributed by atoms with van der Waals surface area (Å²) in [6, 6.07) is 15.4. The first-order valence-electron chi connectivity index (χ1n) is 8.65. The molecule has 2 heterocycles. The van der Waals surface area contributed by atoms with Gasteiger partial charge in [0.05, 0.1) is 11.7 Å². The number of H-pyrrole nitrogens is 1. The smallest absolute Gasteiger partial charge is 0.0650 e. The van der Waals surface area contributed by atoms with E-state index in [0.717, 1.165) is 24.4 Å². The van der Waals surface area contributed by atoms with Crippen molar-refractivity contribution in [2.75, 3.05) is 13.1 Å². The van der Waals surface area contributed by atoms with Gasteiger partial charge in [-0.25, -0.2) is 0 Å². The van der Waals surface area contributed by atoms with Crippen molar-refractivity contribution in [1.29, 1.82) is 0 Å². The van der Waals surface area contributed by atoms with Crippen molar-refractivity contribution in [3.63, 3.8) is 0 Å². The summed E-state index contributed by atoms with van der Waals surface area (Å²) in [4.78, 5) is 2.60. The largest absolute Gasteiger partial charge is 0.299 e. The molecule has 4 heteroatoms. The molecule has 2 aromatic carbocycles. The lowest BCUT2D eigenvalue weighted by Crippen LogP contribution is -2.35. The standard InChI is InChI=1S/C20H22BrN3/c21-19-5-1-3-17(11-19)14-24-8-2-4-16(13-24)9-15-6-7-20-18(10-15)12-22-23-20/h1,3,5-7,10-12,16H,2,4,8-9,13-14H2,(H,22,23)/t16-/m0/s1. The fraction of sp³-hybridized carbons (Fsp3) is 0.350. The highest BCUT2D eigenvalue weighted by Crippen LogP contribution is 2.24. The molecule has 3 aromatic rings. The Balaban J connectivity index is 1.40. The van der Waals surface area contributed by atoms with Gasteiger partial charge >= 0.3 is 0 Å². The molecule has 0 unspecified atom stereocenters. The molecule has 0 spiro atoms. The second-order valence-electron chi connectivity index (χ2n) is 6.87. The molecule has 0 bridgehead atoms. The predicted molar refractivity (Wildman–Crippen MR) is 102 cm³/mol. The number of nitrogens with one attached hydrogen (secondary N) is 1. The zero-order valence-corrected chi connectivity index (χ0v) is 15.3. The number of halogens is 1. The molecule has 1 N–H and O–H groups in total. The van der Waals surface area contributed by atoms with Gasteiger partial charge < -0.3 is 0 Å². The molecule has 0 amide bonds. The first-order chi connectivity index (χ1) is 11.8. The number of hydrogen-bond donors (Lipinski definition) is 1. The Hall–Kier alpha value is -1.65. The van der Waals surface area contributed by atoms with Crippen molar-refractivity contribution >= 4 is 26.8 Å². The third-order valence-electron chi connectivity index (χ3n) is 4.93. The Morgan fingerprint density at radius 2 is 2.12 bits per heavy atom. The van der Waals surface area contributed by atoms with Crippen LogP contribution in [-0.2, 0) is 13.0 Å². The van der Waals surface area contributed by atoms with E-state index in [-0.39, 0.29) is 0 Å². The fourth-order valence-corrected chi connectivity index (χ4v) is 4.25. The normalized spacial score (nSPS) is 19.0. The van der Waals surface area contributed by atoms with E-state index in [1.165, 1.54) is 46.9 Å². The summed E-state index contributed by atoms with van der Waals surface area (Å²) in [6.07, 6.45) is 5.71. The van der Waals surface area contributed by atoms with E-state index in [2.05, 4.69) is 73.5 Å². The Morgan fingerprint density at radius 3 is 3.04 bits per heavy atom. The average molecular weight is 384 g/mol. The van der Waals surface area contributed by atoms with Gasteiger partial charge in [-0.2, -0.15) is 5.10 Å². The zero-order chi connectivity index (χ0) is 16.4. The van der Waals surface area contributed by atoms with Crippen molar-refractivity contribution in [1.82, 2.24) is 15.1 Å². The Kier molecular flexibility index (Phi) is 4.67. The summed E-state index contributed by atoms with van der Waals surface area (Å²) in [5.74, 6) is 0.746. The summed E-state index contributed by atoms with van der Waals surface area (Å²) in [5.41, 5.74) is 3.95. The molecule has 1 atom stereocenters. The van der Waals surface area contributed by atoms with Gasteiger partial charge in [0.2, 0.25) is 0 Å². The van der Waals surface area contributed by atoms with E-state index in [1.54, 1.807) is 0 Å². The average Bonchev–Trinajstić information content (AvgIpc) is 3.03. The van der Waals surface area contributed by atoms with Gasteiger partial charge in [0, 0.05) is 22.9 Å². The number of rotatable bonds is 4. The molecule has 0 radical (unpaired) electrons. The van der Waals surface area contributed by atoms with Gasteiger partial charge in [-0.15, -0.1) is 0 Å². The summed E-state index contributed by atoms with van der Waals surface area (Å²) in [6.45, 7) is 3.45. The monoisotopic (exact) mass is 383 g/mol. The first-order valence-corrected chi connectivity index (χ1v) is 9.44. The SMILES string of the molecule is Brc1cccc(CN2CCC[C@@H](Cc3ccc4[nH]ncc4c3)C2)c1. The number of benzene rings is 2. The Labute approximate surface area is 151 Å². The van der Waals surface area contributed by atoms with Gasteiger partial charge in [0.1, 0.15) is 0 Å². The third kappa shape index (κ3) is 3.70. The van der Waals surface area contributed by atoms with Crippen LogP contribution in [0.2, 0.25) is 0 Å². The lowest BCUT2D eigenvalue weighted by Gasteiger charge is -2.33. The second kappa shape index (κ2) is 7.08. The van der Waals surface area contributed by atoms with Crippen LogP contribution in [0.3, 0.4) is 0 Å². The van der Waals surface area contributed by atoms with Gasteiger partial charge in [0.15, 0.2) is 0 Å². The van der Waals surface area contributed by atoms with Gasteiger partial charge in [-0.3, -0.25) is 10.00 Å². The number of fused-ring (bicyclic) bond motifs is 1. The second-order valence-corrected chi connectivity index (χ2v) is 7.78. The van der Waals surface area contributed by atoms with Crippen molar-refractivity contribution in [3.8, 4) is 0 Å². The number of aromatic nitrogens is 2. The van der Waals surface area contributed by atoms with Crippen molar-refractivity contribution < 1.29 is 0 Å². The fourth-order valence-electron chi connectivity index (χ4n) is 3.81. The molecule has 1 aliphatic rings. The van der Waals surface area contributed by atoms with E-state index in [1.807, 2.05) is 6.20 Å². The minimum Gasteiger partial charge on any atom is -0.299 e. The van der Waals surface area contributed by atoms with Crippen molar-refractivity contribution in [2.45, 2.75) is 25.8 Å².